The summed E-state index contributed by atoms with van der Waals surface area (Å²) in [4.78, 5) is 25.1. The lowest BCUT2D eigenvalue weighted by molar-refractivity contribution is -0.385. The number of hydrogen-bond acceptors (Lipinski definition) is 5. The van der Waals surface area contributed by atoms with Crippen molar-refractivity contribution >= 4 is 17.7 Å². The Hall–Kier alpha value is -2.24. The molecule has 0 radical (unpaired) electrons. The maximum atomic E-state index is 11.0. The topological polar surface area (TPSA) is 82.3 Å². The number of carbonyl (C=O) groups excluding carboxylic acids is 1. The van der Waals surface area contributed by atoms with Gasteiger partial charge in [-0.2, -0.15) is 0 Å². The van der Waals surface area contributed by atoms with Crippen molar-refractivity contribution in [3.63, 3.8) is 0 Å². The summed E-state index contributed by atoms with van der Waals surface area (Å²) < 4.78 is 4.68. The van der Waals surface area contributed by atoms with Crippen LogP contribution in [-0.2, 0) is 9.53 Å². The van der Waals surface area contributed by atoms with Gasteiger partial charge < -0.3 is 4.74 Å². The van der Waals surface area contributed by atoms with E-state index in [9.17, 15) is 14.9 Å². The monoisotopic (exact) mass is 236 g/mol. The van der Waals surface area contributed by atoms with E-state index < -0.39 is 10.9 Å². The third-order valence-electron chi connectivity index (χ3n) is 1.98. The van der Waals surface area contributed by atoms with E-state index in [0.29, 0.717) is 11.3 Å². The maximum absolute atomic E-state index is 11.0. The fraction of sp³-hybridized carbons (Fsp3) is 0.273. The third-order valence-corrected chi connectivity index (χ3v) is 1.98. The van der Waals surface area contributed by atoms with Gasteiger partial charge in [0, 0.05) is 18.3 Å². The lowest BCUT2D eigenvalue weighted by atomic mass is 10.2. The van der Waals surface area contributed by atoms with Crippen LogP contribution in [-0.4, -0.2) is 22.5 Å². The molecular weight excluding hydrogens is 224 g/mol. The van der Waals surface area contributed by atoms with Gasteiger partial charge in [0.15, 0.2) is 0 Å². The fourth-order valence-corrected chi connectivity index (χ4v) is 1.17. The number of aryl methyl sites for hydroxylation is 1. The second kappa shape index (κ2) is 5.74. The summed E-state index contributed by atoms with van der Waals surface area (Å²) in [5.41, 5.74) is 0.745. The molecule has 0 aliphatic rings. The molecule has 0 aliphatic carbocycles. The largest absolute Gasteiger partial charge is 0.463 e. The number of nitrogens with zero attached hydrogens (tertiary/aromatic N) is 2. The van der Waals surface area contributed by atoms with Crippen molar-refractivity contribution in [3.8, 4) is 0 Å². The number of esters is 1. The number of nitro groups is 1. The first kappa shape index (κ1) is 12.8. The Morgan fingerprint density at radius 2 is 2.35 bits per heavy atom. The van der Waals surface area contributed by atoms with Crippen molar-refractivity contribution in [1.29, 1.82) is 0 Å². The van der Waals surface area contributed by atoms with Gasteiger partial charge in [0.05, 0.1) is 11.5 Å². The highest BCUT2D eigenvalue weighted by atomic mass is 16.6. The van der Waals surface area contributed by atoms with E-state index >= 15 is 0 Å². The Labute approximate surface area is 98.1 Å². The highest BCUT2D eigenvalue weighted by molar-refractivity contribution is 5.87. The van der Waals surface area contributed by atoms with Crippen LogP contribution in [0, 0.1) is 17.0 Å². The molecule has 90 valence electrons. The van der Waals surface area contributed by atoms with Crippen LogP contribution in [0.15, 0.2) is 18.3 Å². The van der Waals surface area contributed by atoms with Crippen LogP contribution in [0.3, 0.4) is 0 Å². The van der Waals surface area contributed by atoms with Gasteiger partial charge in [-0.3, -0.25) is 15.1 Å². The first-order valence-corrected chi connectivity index (χ1v) is 5.00. The average Bonchev–Trinajstić information content (AvgIpc) is 2.28. The lowest BCUT2D eigenvalue weighted by Crippen LogP contribution is -1.99. The Bertz CT molecular complexity index is 469. The van der Waals surface area contributed by atoms with Crippen LogP contribution >= 0.6 is 0 Å². The number of carbonyl (C=O) groups is 1. The molecule has 0 fully saturated rings. The van der Waals surface area contributed by atoms with Gasteiger partial charge in [0.2, 0.25) is 0 Å². The first-order chi connectivity index (χ1) is 8.04. The van der Waals surface area contributed by atoms with Crippen LogP contribution in [0.1, 0.15) is 18.2 Å². The van der Waals surface area contributed by atoms with Crippen LogP contribution < -0.4 is 0 Å². The molecular formula is C11H12N2O4. The molecule has 0 aliphatic heterocycles. The molecule has 0 atom stereocenters. The van der Waals surface area contributed by atoms with E-state index in [1.54, 1.807) is 13.8 Å². The van der Waals surface area contributed by atoms with Gasteiger partial charge in [-0.05, 0) is 25.5 Å². The summed E-state index contributed by atoms with van der Waals surface area (Å²) in [5, 5.41) is 10.7. The van der Waals surface area contributed by atoms with Crippen LogP contribution in [0.4, 0.5) is 5.69 Å². The molecule has 0 N–H and O–H groups in total. The zero-order valence-electron chi connectivity index (χ0n) is 9.54. The summed E-state index contributed by atoms with van der Waals surface area (Å²) >= 11 is 0. The molecule has 1 rings (SSSR count). The minimum atomic E-state index is -0.510. The van der Waals surface area contributed by atoms with E-state index in [-0.39, 0.29) is 12.3 Å². The minimum absolute atomic E-state index is 0.0731. The first-order valence-electron chi connectivity index (χ1n) is 5.00. The number of rotatable bonds is 4. The van der Waals surface area contributed by atoms with Gasteiger partial charge >= 0.3 is 5.97 Å². The molecule has 1 aromatic heterocycles. The minimum Gasteiger partial charge on any atom is -0.463 e. The SMILES string of the molecule is CCOC(=O)C=Cc1cnc(C)c([N+](=O)[O-])c1. The molecule has 0 saturated carbocycles. The second-order valence-electron chi connectivity index (χ2n) is 3.22. The summed E-state index contributed by atoms with van der Waals surface area (Å²) in [7, 11) is 0. The Kier molecular flexibility index (Phi) is 4.33. The molecule has 1 aromatic rings. The van der Waals surface area contributed by atoms with Crippen molar-refractivity contribution < 1.29 is 14.5 Å². The van der Waals surface area contributed by atoms with Crippen LogP contribution in [0.25, 0.3) is 6.08 Å². The normalized spacial score (nSPS) is 10.5. The quantitative estimate of drug-likeness (QED) is 0.345. The summed E-state index contributed by atoms with van der Waals surface area (Å²) in [5.74, 6) is -0.490. The van der Waals surface area contributed by atoms with E-state index in [4.69, 9.17) is 0 Å². The highest BCUT2D eigenvalue weighted by Crippen LogP contribution is 2.17. The summed E-state index contributed by atoms with van der Waals surface area (Å²) in [6.07, 6.45) is 4.09. The fourth-order valence-electron chi connectivity index (χ4n) is 1.17. The Morgan fingerprint density at radius 3 is 2.94 bits per heavy atom. The molecule has 0 saturated heterocycles. The van der Waals surface area contributed by atoms with Crippen LogP contribution in [0.2, 0.25) is 0 Å². The number of aromatic nitrogens is 1. The summed E-state index contributed by atoms with van der Waals surface area (Å²) in [6, 6.07) is 1.36. The van der Waals surface area contributed by atoms with Gasteiger partial charge in [-0.15, -0.1) is 0 Å². The van der Waals surface area contributed by atoms with E-state index in [1.807, 2.05) is 0 Å². The molecule has 0 spiro atoms. The smallest absolute Gasteiger partial charge is 0.330 e. The van der Waals surface area contributed by atoms with Crippen molar-refractivity contribution in [3.05, 3.63) is 39.7 Å². The standard InChI is InChI=1S/C11H12N2O4/c1-3-17-11(14)5-4-9-6-10(13(15)16)8(2)12-7-9/h4-7H,3H2,1-2H3. The van der Waals surface area contributed by atoms with Crippen molar-refractivity contribution in [2.24, 2.45) is 0 Å². The number of ether oxygens (including phenoxy) is 1. The van der Waals surface area contributed by atoms with Gasteiger partial charge in [-0.25, -0.2) is 4.79 Å². The predicted octanol–water partition coefficient (Wildman–Crippen LogP) is 1.87. The van der Waals surface area contributed by atoms with Crippen molar-refractivity contribution in [2.45, 2.75) is 13.8 Å². The predicted molar refractivity (Wildman–Crippen MR) is 61.3 cm³/mol. The molecule has 17 heavy (non-hydrogen) atoms. The molecule has 0 unspecified atom stereocenters. The third kappa shape index (κ3) is 3.67. The molecule has 6 nitrogen and oxygen atoms in total. The molecule has 1 heterocycles. The molecule has 6 heteroatoms. The van der Waals surface area contributed by atoms with Gasteiger partial charge in [-0.1, -0.05) is 0 Å². The maximum Gasteiger partial charge on any atom is 0.330 e. The van der Waals surface area contributed by atoms with Crippen molar-refractivity contribution in [2.75, 3.05) is 6.61 Å². The van der Waals surface area contributed by atoms with Gasteiger partial charge in [0.1, 0.15) is 5.69 Å². The van der Waals surface area contributed by atoms with Crippen LogP contribution in [0.5, 0.6) is 0 Å². The molecule has 0 bridgehead atoms. The zero-order valence-corrected chi connectivity index (χ0v) is 9.54. The average molecular weight is 236 g/mol. The van der Waals surface area contributed by atoms with E-state index in [2.05, 4.69) is 9.72 Å². The van der Waals surface area contributed by atoms with E-state index in [0.717, 1.165) is 0 Å². The summed E-state index contributed by atoms with van der Waals surface area (Å²) in [6.45, 7) is 3.54. The highest BCUT2D eigenvalue weighted by Gasteiger charge is 2.11. The molecule has 0 aromatic carbocycles. The number of pyridine rings is 1. The Balaban J connectivity index is 2.89. The van der Waals surface area contributed by atoms with E-state index in [1.165, 1.54) is 24.4 Å². The number of hydrogen-bond donors (Lipinski definition) is 0. The zero-order chi connectivity index (χ0) is 12.8. The lowest BCUT2D eigenvalue weighted by Gasteiger charge is -1.98. The van der Waals surface area contributed by atoms with Gasteiger partial charge in [0.25, 0.3) is 5.69 Å². The Morgan fingerprint density at radius 1 is 1.65 bits per heavy atom. The molecule has 0 amide bonds. The van der Waals surface area contributed by atoms with Crippen molar-refractivity contribution in [1.82, 2.24) is 4.98 Å². The second-order valence-corrected chi connectivity index (χ2v) is 3.22.